The van der Waals surface area contributed by atoms with Gasteiger partial charge in [-0.25, -0.2) is 0 Å². The van der Waals surface area contributed by atoms with Crippen molar-refractivity contribution in [1.82, 2.24) is 5.32 Å². The molecule has 0 radical (unpaired) electrons. The van der Waals surface area contributed by atoms with Crippen LogP contribution in [0.25, 0.3) is 0 Å². The largest absolute Gasteiger partial charge is 0.486 e. The summed E-state index contributed by atoms with van der Waals surface area (Å²) >= 11 is 0. The maximum Gasteiger partial charge on any atom is 0.251 e. The van der Waals surface area contributed by atoms with Crippen molar-refractivity contribution in [3.8, 4) is 11.5 Å². The molecule has 0 saturated carbocycles. The third kappa shape index (κ3) is 3.94. The number of hydrogen-bond acceptors (Lipinski definition) is 4. The number of hydrogen-bond donors (Lipinski definition) is 2. The molecule has 0 fully saturated rings. The van der Waals surface area contributed by atoms with Gasteiger partial charge in [-0.1, -0.05) is 32.0 Å². The molecular weight excluding hydrogens is 316 g/mol. The Bertz CT molecular complexity index is 754. The molecule has 0 unspecified atom stereocenters. The van der Waals surface area contributed by atoms with Crippen LogP contribution in [0.2, 0.25) is 0 Å². The molecule has 1 aliphatic rings. The Morgan fingerprint density at radius 1 is 1.08 bits per heavy atom. The van der Waals surface area contributed by atoms with E-state index < -0.39 is 0 Å². The van der Waals surface area contributed by atoms with Gasteiger partial charge in [-0.15, -0.1) is 0 Å². The molecule has 5 nitrogen and oxygen atoms in total. The highest BCUT2D eigenvalue weighted by Gasteiger charge is 2.24. The van der Waals surface area contributed by atoms with Crippen molar-refractivity contribution in [2.75, 3.05) is 19.8 Å². The molecule has 5 heteroatoms. The van der Waals surface area contributed by atoms with Crippen LogP contribution in [0.1, 0.15) is 35.3 Å². The standard InChI is InChI=1S/C20H24N2O3/c1-20(2,16-7-8-17-18(11-16)25-10-9-24-17)13-22-19(23)15-5-3-14(12-21)4-6-15/h3-8,11H,9-10,12-13,21H2,1-2H3,(H,22,23). The fourth-order valence-electron chi connectivity index (χ4n) is 2.76. The lowest BCUT2D eigenvalue weighted by Gasteiger charge is -2.28. The molecule has 132 valence electrons. The first-order chi connectivity index (χ1) is 12.0. The summed E-state index contributed by atoms with van der Waals surface area (Å²) in [5, 5.41) is 3.01. The Hall–Kier alpha value is -2.53. The Morgan fingerprint density at radius 2 is 1.76 bits per heavy atom. The highest BCUT2D eigenvalue weighted by atomic mass is 16.6. The number of carbonyl (C=O) groups excluding carboxylic acids is 1. The average Bonchev–Trinajstić information content (AvgIpc) is 2.66. The molecule has 3 N–H and O–H groups in total. The van der Waals surface area contributed by atoms with E-state index in [1.54, 1.807) is 12.1 Å². The first-order valence-corrected chi connectivity index (χ1v) is 8.47. The van der Waals surface area contributed by atoms with Crippen LogP contribution in [-0.4, -0.2) is 25.7 Å². The quantitative estimate of drug-likeness (QED) is 0.877. The molecule has 25 heavy (non-hydrogen) atoms. The lowest BCUT2D eigenvalue weighted by Crippen LogP contribution is -2.36. The molecule has 0 aliphatic carbocycles. The molecule has 0 atom stereocenters. The van der Waals surface area contributed by atoms with Gasteiger partial charge < -0.3 is 20.5 Å². The van der Waals surface area contributed by atoms with Crippen LogP contribution in [0.5, 0.6) is 11.5 Å². The van der Waals surface area contributed by atoms with E-state index in [9.17, 15) is 4.79 Å². The summed E-state index contributed by atoms with van der Waals surface area (Å²) in [5.41, 5.74) is 8.09. The van der Waals surface area contributed by atoms with Crippen molar-refractivity contribution in [2.45, 2.75) is 25.8 Å². The Kier molecular flexibility index (Phi) is 4.95. The molecule has 1 heterocycles. The summed E-state index contributed by atoms with van der Waals surface area (Å²) in [6, 6.07) is 13.3. The smallest absolute Gasteiger partial charge is 0.251 e. The second-order valence-electron chi connectivity index (χ2n) is 6.83. The van der Waals surface area contributed by atoms with Crippen LogP contribution in [0.4, 0.5) is 0 Å². The number of amides is 1. The molecule has 0 aromatic heterocycles. The van der Waals surface area contributed by atoms with Crippen LogP contribution >= 0.6 is 0 Å². The van der Waals surface area contributed by atoms with Gasteiger partial charge in [0.2, 0.25) is 0 Å². The lowest BCUT2D eigenvalue weighted by atomic mass is 9.84. The third-order valence-corrected chi connectivity index (χ3v) is 4.47. The predicted octanol–water partition coefficient (Wildman–Crippen LogP) is 2.62. The van der Waals surface area contributed by atoms with Crippen LogP contribution in [0, 0.1) is 0 Å². The Labute approximate surface area is 148 Å². The van der Waals surface area contributed by atoms with Gasteiger partial charge in [-0.3, -0.25) is 4.79 Å². The number of benzene rings is 2. The summed E-state index contributed by atoms with van der Waals surface area (Å²) in [6.07, 6.45) is 0. The molecule has 0 bridgehead atoms. The van der Waals surface area contributed by atoms with Crippen molar-refractivity contribution >= 4 is 5.91 Å². The normalized spacial score (nSPS) is 13.4. The number of rotatable bonds is 5. The van der Waals surface area contributed by atoms with Crippen molar-refractivity contribution in [2.24, 2.45) is 5.73 Å². The maximum atomic E-state index is 12.4. The zero-order chi connectivity index (χ0) is 17.9. The number of nitrogens with two attached hydrogens (primary N) is 1. The molecule has 0 saturated heterocycles. The van der Waals surface area contributed by atoms with Crippen LogP contribution in [-0.2, 0) is 12.0 Å². The molecule has 3 rings (SSSR count). The van der Waals surface area contributed by atoms with E-state index in [0.717, 1.165) is 22.6 Å². The molecule has 2 aromatic rings. The number of carbonyl (C=O) groups is 1. The second kappa shape index (κ2) is 7.15. The minimum atomic E-state index is -0.233. The highest BCUT2D eigenvalue weighted by Crippen LogP contribution is 2.34. The van der Waals surface area contributed by atoms with Gasteiger partial charge in [0.15, 0.2) is 11.5 Å². The lowest BCUT2D eigenvalue weighted by molar-refractivity contribution is 0.0945. The van der Waals surface area contributed by atoms with E-state index in [0.29, 0.717) is 31.9 Å². The Balaban J connectivity index is 1.67. The van der Waals surface area contributed by atoms with Gasteiger partial charge >= 0.3 is 0 Å². The molecule has 1 aliphatic heterocycles. The fraction of sp³-hybridized carbons (Fsp3) is 0.350. The molecule has 1 amide bonds. The monoisotopic (exact) mass is 340 g/mol. The van der Waals surface area contributed by atoms with Gasteiger partial charge in [-0.05, 0) is 35.4 Å². The van der Waals surface area contributed by atoms with Gasteiger partial charge in [0.05, 0.1) is 0 Å². The van der Waals surface area contributed by atoms with Crippen LogP contribution < -0.4 is 20.5 Å². The average molecular weight is 340 g/mol. The van der Waals surface area contributed by atoms with Crippen molar-refractivity contribution in [3.63, 3.8) is 0 Å². The fourth-order valence-corrected chi connectivity index (χ4v) is 2.76. The number of fused-ring (bicyclic) bond motifs is 1. The summed E-state index contributed by atoms with van der Waals surface area (Å²) < 4.78 is 11.2. The van der Waals surface area contributed by atoms with Gasteiger partial charge in [0.1, 0.15) is 13.2 Å². The van der Waals surface area contributed by atoms with E-state index >= 15 is 0 Å². The minimum Gasteiger partial charge on any atom is -0.486 e. The van der Waals surface area contributed by atoms with E-state index in [1.165, 1.54) is 0 Å². The first kappa shape index (κ1) is 17.3. The summed E-state index contributed by atoms with van der Waals surface area (Å²) in [5.74, 6) is 1.45. The SMILES string of the molecule is CC(C)(CNC(=O)c1ccc(CN)cc1)c1ccc2c(c1)OCCO2. The van der Waals surface area contributed by atoms with Gasteiger partial charge in [-0.2, -0.15) is 0 Å². The Morgan fingerprint density at radius 3 is 2.44 bits per heavy atom. The summed E-state index contributed by atoms with van der Waals surface area (Å²) in [6.45, 7) is 6.32. The van der Waals surface area contributed by atoms with Crippen LogP contribution in [0.3, 0.4) is 0 Å². The van der Waals surface area contributed by atoms with E-state index in [2.05, 4.69) is 19.2 Å². The predicted molar refractivity (Wildman–Crippen MR) is 97.1 cm³/mol. The summed E-state index contributed by atoms with van der Waals surface area (Å²) in [7, 11) is 0. The molecule has 2 aromatic carbocycles. The third-order valence-electron chi connectivity index (χ3n) is 4.47. The topological polar surface area (TPSA) is 73.6 Å². The minimum absolute atomic E-state index is 0.0887. The van der Waals surface area contributed by atoms with Gasteiger partial charge in [0, 0.05) is 24.1 Å². The maximum absolute atomic E-state index is 12.4. The van der Waals surface area contributed by atoms with E-state index in [-0.39, 0.29) is 11.3 Å². The highest BCUT2D eigenvalue weighted by molar-refractivity contribution is 5.94. The van der Waals surface area contributed by atoms with Crippen molar-refractivity contribution < 1.29 is 14.3 Å². The molecule has 0 spiro atoms. The van der Waals surface area contributed by atoms with Crippen LogP contribution in [0.15, 0.2) is 42.5 Å². The number of ether oxygens (including phenoxy) is 2. The molecular formula is C20H24N2O3. The second-order valence-corrected chi connectivity index (χ2v) is 6.83. The zero-order valence-electron chi connectivity index (χ0n) is 14.7. The van der Waals surface area contributed by atoms with Gasteiger partial charge in [0.25, 0.3) is 5.91 Å². The van der Waals surface area contributed by atoms with Crippen molar-refractivity contribution in [3.05, 3.63) is 59.2 Å². The summed E-state index contributed by atoms with van der Waals surface area (Å²) in [4.78, 5) is 12.4. The number of nitrogens with one attached hydrogen (secondary N) is 1. The first-order valence-electron chi connectivity index (χ1n) is 8.47. The zero-order valence-corrected chi connectivity index (χ0v) is 14.7. The van der Waals surface area contributed by atoms with E-state index in [1.807, 2.05) is 30.3 Å². The van der Waals surface area contributed by atoms with E-state index in [4.69, 9.17) is 15.2 Å². The van der Waals surface area contributed by atoms with Crippen molar-refractivity contribution in [1.29, 1.82) is 0 Å².